The number of likely N-dealkylation sites (tertiary alicyclic amines) is 1. The summed E-state index contributed by atoms with van der Waals surface area (Å²) >= 11 is 1.46. The first-order valence-electron chi connectivity index (χ1n) is 11.7. The minimum Gasteiger partial charge on any atom is -0.357 e. The molecule has 0 aliphatic carbocycles. The fourth-order valence-corrected chi connectivity index (χ4v) is 5.58. The highest BCUT2D eigenvalue weighted by molar-refractivity contribution is 7.98. The zero-order chi connectivity index (χ0) is 25.6. The van der Waals surface area contributed by atoms with Crippen molar-refractivity contribution < 1.29 is 8.42 Å². The van der Waals surface area contributed by atoms with Gasteiger partial charge in [-0.05, 0) is 55.6 Å². The number of nitriles is 2. The van der Waals surface area contributed by atoms with Gasteiger partial charge in [0.25, 0.3) is 0 Å². The van der Waals surface area contributed by atoms with Crippen molar-refractivity contribution in [1.29, 1.82) is 10.5 Å². The summed E-state index contributed by atoms with van der Waals surface area (Å²) in [7, 11) is 0.153. The van der Waals surface area contributed by atoms with Crippen LogP contribution in [0.4, 0.5) is 11.5 Å². The molecular formula is C25H32N6O2S2. The molecule has 2 heterocycles. The van der Waals surface area contributed by atoms with Crippen LogP contribution < -0.4 is 9.21 Å². The molecule has 1 aromatic heterocycles. The number of hydrogen-bond acceptors (Lipinski definition) is 8. The highest BCUT2D eigenvalue weighted by Crippen LogP contribution is 2.33. The molecule has 186 valence electrons. The van der Waals surface area contributed by atoms with Crippen LogP contribution in [0.2, 0.25) is 0 Å². The van der Waals surface area contributed by atoms with Gasteiger partial charge in [0.2, 0.25) is 10.0 Å². The predicted molar refractivity (Wildman–Crippen MR) is 141 cm³/mol. The summed E-state index contributed by atoms with van der Waals surface area (Å²) in [4.78, 5) is 9.25. The van der Waals surface area contributed by atoms with Crippen molar-refractivity contribution in [3.63, 3.8) is 0 Å². The monoisotopic (exact) mass is 512 g/mol. The Balaban J connectivity index is 1.84. The summed E-state index contributed by atoms with van der Waals surface area (Å²) in [5, 5.41) is 20.4. The van der Waals surface area contributed by atoms with Crippen molar-refractivity contribution in [1.82, 2.24) is 9.88 Å². The van der Waals surface area contributed by atoms with E-state index in [1.807, 2.05) is 31.0 Å². The maximum Gasteiger partial charge on any atom is 0.231 e. The number of aromatic nitrogens is 1. The molecule has 10 heteroatoms. The smallest absolute Gasteiger partial charge is 0.231 e. The molecule has 0 unspecified atom stereocenters. The summed E-state index contributed by atoms with van der Waals surface area (Å²) in [6.45, 7) is 5.85. The van der Waals surface area contributed by atoms with Crippen LogP contribution in [0, 0.1) is 22.7 Å². The molecule has 0 spiro atoms. The molecule has 1 aromatic carbocycles. The van der Waals surface area contributed by atoms with Crippen LogP contribution in [0.1, 0.15) is 42.0 Å². The molecule has 1 saturated heterocycles. The maximum atomic E-state index is 11.8. The van der Waals surface area contributed by atoms with Crippen LogP contribution >= 0.6 is 11.8 Å². The van der Waals surface area contributed by atoms with Gasteiger partial charge in [-0.25, -0.2) is 13.4 Å². The molecule has 0 radical (unpaired) electrons. The average molecular weight is 513 g/mol. The zero-order valence-electron chi connectivity index (χ0n) is 20.8. The number of sulfonamides is 1. The maximum absolute atomic E-state index is 11.8. The molecular weight excluding hydrogens is 480 g/mol. The number of nitrogens with zero attached hydrogens (tertiary/aromatic N) is 6. The Bertz CT molecular complexity index is 1230. The molecule has 1 fully saturated rings. The summed E-state index contributed by atoms with van der Waals surface area (Å²) < 4.78 is 24.8. The third-order valence-corrected chi connectivity index (χ3v) is 8.56. The van der Waals surface area contributed by atoms with Crippen LogP contribution in [0.15, 0.2) is 29.3 Å². The normalized spacial score (nSPS) is 13.9. The number of rotatable bonds is 10. The summed E-state index contributed by atoms with van der Waals surface area (Å²) in [5.74, 6) is 1.19. The highest BCUT2D eigenvalue weighted by atomic mass is 32.2. The topological polar surface area (TPSA) is 104 Å². The second-order valence-corrected chi connectivity index (χ2v) is 11.7. The van der Waals surface area contributed by atoms with E-state index in [1.165, 1.54) is 42.2 Å². The van der Waals surface area contributed by atoms with E-state index in [-0.39, 0.29) is 0 Å². The third kappa shape index (κ3) is 6.46. The van der Waals surface area contributed by atoms with Crippen molar-refractivity contribution in [2.24, 2.45) is 0 Å². The molecule has 2 aromatic rings. The van der Waals surface area contributed by atoms with Gasteiger partial charge in [0, 0.05) is 32.9 Å². The van der Waals surface area contributed by atoms with Gasteiger partial charge in [-0.1, -0.05) is 19.1 Å². The Hall–Kier alpha value is -2.79. The van der Waals surface area contributed by atoms with Crippen LogP contribution in [0.3, 0.4) is 0 Å². The van der Waals surface area contributed by atoms with Crippen molar-refractivity contribution in [3.05, 3.63) is 46.5 Å². The van der Waals surface area contributed by atoms with Gasteiger partial charge < -0.3 is 9.80 Å². The van der Waals surface area contributed by atoms with Gasteiger partial charge >= 0.3 is 0 Å². The van der Waals surface area contributed by atoms with E-state index in [4.69, 9.17) is 4.98 Å². The van der Waals surface area contributed by atoms with Crippen molar-refractivity contribution >= 4 is 33.3 Å². The van der Waals surface area contributed by atoms with E-state index in [2.05, 4.69) is 17.0 Å². The first kappa shape index (κ1) is 26.8. The molecule has 35 heavy (non-hydrogen) atoms. The Labute approximate surface area is 213 Å². The highest BCUT2D eigenvalue weighted by Gasteiger charge is 2.22. The lowest BCUT2D eigenvalue weighted by molar-refractivity contribution is 0.346. The van der Waals surface area contributed by atoms with Gasteiger partial charge in [-0.15, -0.1) is 11.8 Å². The average Bonchev–Trinajstić information content (AvgIpc) is 3.37. The SMILES string of the molecule is CCc1c(C#N)c(SCc2ccc(N(C)S(C)(=O)=O)cc2)nc(N(C)CCN2CCCC2)c1C#N. The molecule has 0 amide bonds. The molecule has 3 rings (SSSR count). The Morgan fingerprint density at radius 1 is 1.09 bits per heavy atom. The number of pyridine rings is 1. The second-order valence-electron chi connectivity index (χ2n) is 8.70. The number of anilines is 2. The number of hydrogen-bond donors (Lipinski definition) is 0. The van der Waals surface area contributed by atoms with Crippen LogP contribution in [-0.2, 0) is 22.2 Å². The fraction of sp³-hybridized carbons (Fsp3) is 0.480. The minimum absolute atomic E-state index is 0.458. The predicted octanol–water partition coefficient (Wildman–Crippen LogP) is 3.61. The van der Waals surface area contributed by atoms with E-state index in [9.17, 15) is 18.9 Å². The standard InChI is InChI=1S/C25H32N6O2S2/c1-5-21-22(16-26)24(29(2)14-15-31-12-6-7-13-31)28-25(23(21)17-27)34-18-19-8-10-20(11-9-19)30(3)35(4,32)33/h8-11H,5-7,12-15,18H2,1-4H3. The summed E-state index contributed by atoms with van der Waals surface area (Å²) in [5.41, 5.74) is 3.24. The van der Waals surface area contributed by atoms with Crippen LogP contribution in [0.25, 0.3) is 0 Å². The van der Waals surface area contributed by atoms with Crippen molar-refractivity contribution in [2.75, 3.05) is 55.7 Å². The van der Waals surface area contributed by atoms with E-state index in [0.717, 1.165) is 37.3 Å². The van der Waals surface area contributed by atoms with Gasteiger partial charge in [-0.3, -0.25) is 4.31 Å². The largest absolute Gasteiger partial charge is 0.357 e. The molecule has 0 bridgehead atoms. The Kier molecular flexibility index (Phi) is 9.01. The number of benzene rings is 1. The van der Waals surface area contributed by atoms with Crippen LogP contribution in [-0.4, -0.2) is 64.8 Å². The van der Waals surface area contributed by atoms with Crippen molar-refractivity contribution in [3.8, 4) is 12.1 Å². The molecule has 8 nitrogen and oxygen atoms in total. The lowest BCUT2D eigenvalue weighted by Crippen LogP contribution is -2.32. The molecule has 1 aliphatic heterocycles. The molecule has 1 aliphatic rings. The molecule has 0 N–H and O–H groups in total. The Morgan fingerprint density at radius 2 is 1.71 bits per heavy atom. The fourth-order valence-electron chi connectivity index (χ4n) is 4.11. The van der Waals surface area contributed by atoms with Crippen molar-refractivity contribution in [2.45, 2.75) is 37.0 Å². The third-order valence-electron chi connectivity index (χ3n) is 6.31. The van der Waals surface area contributed by atoms with E-state index >= 15 is 0 Å². The molecule has 0 atom stereocenters. The van der Waals surface area contributed by atoms with E-state index < -0.39 is 10.0 Å². The first-order valence-corrected chi connectivity index (χ1v) is 14.5. The summed E-state index contributed by atoms with van der Waals surface area (Å²) in [6.07, 6.45) is 4.20. The lowest BCUT2D eigenvalue weighted by Gasteiger charge is -2.25. The lowest BCUT2D eigenvalue weighted by atomic mass is 10.0. The van der Waals surface area contributed by atoms with Crippen LogP contribution in [0.5, 0.6) is 0 Å². The van der Waals surface area contributed by atoms with Gasteiger partial charge in [0.15, 0.2) is 0 Å². The Morgan fingerprint density at radius 3 is 2.26 bits per heavy atom. The van der Waals surface area contributed by atoms with Gasteiger partial charge in [0.05, 0.1) is 23.1 Å². The van der Waals surface area contributed by atoms with Gasteiger partial charge in [-0.2, -0.15) is 10.5 Å². The second kappa shape index (κ2) is 11.8. The number of likely N-dealkylation sites (N-methyl/N-ethyl adjacent to an activating group) is 1. The zero-order valence-corrected chi connectivity index (χ0v) is 22.4. The number of thioether (sulfide) groups is 1. The van der Waals surface area contributed by atoms with E-state index in [1.54, 1.807) is 12.1 Å². The summed E-state index contributed by atoms with van der Waals surface area (Å²) in [6, 6.07) is 11.9. The minimum atomic E-state index is -3.32. The quantitative estimate of drug-likeness (QED) is 0.445. The molecule has 0 saturated carbocycles. The van der Waals surface area contributed by atoms with Gasteiger partial charge in [0.1, 0.15) is 23.0 Å². The van der Waals surface area contributed by atoms with E-state index in [0.29, 0.717) is 39.8 Å². The first-order chi connectivity index (χ1) is 16.7.